The van der Waals surface area contributed by atoms with E-state index in [1.165, 1.54) is 11.3 Å². The van der Waals surface area contributed by atoms with Gasteiger partial charge in [-0.1, -0.05) is 33.4 Å². The van der Waals surface area contributed by atoms with Gasteiger partial charge in [-0.3, -0.25) is 9.59 Å². The predicted molar refractivity (Wildman–Crippen MR) is 129 cm³/mol. The van der Waals surface area contributed by atoms with E-state index in [9.17, 15) is 19.2 Å². The third-order valence-electron chi connectivity index (χ3n) is 5.07. The van der Waals surface area contributed by atoms with Crippen molar-refractivity contribution >= 4 is 35.2 Å². The summed E-state index contributed by atoms with van der Waals surface area (Å²) in [4.78, 5) is 51.8. The number of ether oxygens (including phenoxy) is 2. The largest absolute Gasteiger partial charge is 0.464 e. The van der Waals surface area contributed by atoms with Gasteiger partial charge in [0.25, 0.3) is 11.8 Å². The van der Waals surface area contributed by atoms with E-state index >= 15 is 0 Å². The summed E-state index contributed by atoms with van der Waals surface area (Å²) in [5.74, 6) is -1.83. The summed E-state index contributed by atoms with van der Waals surface area (Å²) < 4.78 is 9.40. The summed E-state index contributed by atoms with van der Waals surface area (Å²) in [5.41, 5.74) is -0.353. The summed E-state index contributed by atoms with van der Waals surface area (Å²) >= 11 is 1.36. The van der Waals surface area contributed by atoms with Gasteiger partial charge in [-0.25, -0.2) is 14.6 Å². The number of alkyl carbamates (subject to hydrolysis) is 1. The number of rotatable bonds is 14. The van der Waals surface area contributed by atoms with Crippen LogP contribution in [0.15, 0.2) is 29.9 Å². The number of amides is 3. The van der Waals surface area contributed by atoms with Crippen LogP contribution >= 0.6 is 11.3 Å². The zero-order valence-electron chi connectivity index (χ0n) is 20.2. The van der Waals surface area contributed by atoms with Crippen LogP contribution in [0.5, 0.6) is 0 Å². The van der Waals surface area contributed by atoms with Crippen molar-refractivity contribution in [2.75, 3.05) is 13.7 Å². The van der Waals surface area contributed by atoms with Crippen molar-refractivity contribution in [2.45, 2.75) is 58.9 Å². The lowest BCUT2D eigenvalue weighted by Crippen LogP contribution is -2.35. The number of hydrogen-bond acceptors (Lipinski definition) is 8. The molecule has 2 atom stereocenters. The van der Waals surface area contributed by atoms with Crippen LogP contribution in [0.3, 0.4) is 0 Å². The van der Waals surface area contributed by atoms with Crippen LogP contribution in [0.2, 0.25) is 0 Å². The molecular weight excluding hydrogens is 460 g/mol. The molecule has 188 valence electrons. The predicted octanol–water partition coefficient (Wildman–Crippen LogP) is 3.06. The zero-order chi connectivity index (χ0) is 25.7. The Kier molecular flexibility index (Phi) is 12.6. The first-order chi connectivity index (χ1) is 16.1. The molecule has 3 N–H and O–H groups in total. The lowest BCUT2D eigenvalue weighted by Gasteiger charge is -2.20. The fourth-order valence-corrected chi connectivity index (χ4v) is 3.90. The molecule has 0 saturated heterocycles. The van der Waals surface area contributed by atoms with E-state index < -0.39 is 23.9 Å². The Labute approximate surface area is 204 Å². The first-order valence-corrected chi connectivity index (χ1v) is 12.0. The van der Waals surface area contributed by atoms with Crippen LogP contribution in [0, 0.1) is 5.92 Å². The second kappa shape index (κ2) is 14.8. The van der Waals surface area contributed by atoms with E-state index in [2.05, 4.69) is 45.8 Å². The minimum Gasteiger partial charge on any atom is -0.464 e. The summed E-state index contributed by atoms with van der Waals surface area (Å²) in [6.07, 6.45) is 3.74. The van der Waals surface area contributed by atoms with Crippen molar-refractivity contribution in [3.8, 4) is 0 Å². The number of hydrogen-bond donors (Lipinski definition) is 3. The van der Waals surface area contributed by atoms with E-state index in [1.54, 1.807) is 12.3 Å². The van der Waals surface area contributed by atoms with Gasteiger partial charge >= 0.3 is 12.1 Å². The fourth-order valence-electron chi connectivity index (χ4n) is 3.01. The molecular formula is C23H34N4O6S. The molecule has 0 bridgehead atoms. The maximum atomic E-state index is 12.4. The number of nitrogens with one attached hydrogen (secondary N) is 3. The van der Waals surface area contributed by atoms with Crippen molar-refractivity contribution in [3.05, 3.63) is 40.6 Å². The lowest BCUT2D eigenvalue weighted by molar-refractivity contribution is -0.137. The first kappa shape index (κ1) is 28.8. The molecule has 10 nitrogen and oxygen atoms in total. The van der Waals surface area contributed by atoms with Gasteiger partial charge in [-0.05, 0) is 32.1 Å². The summed E-state index contributed by atoms with van der Waals surface area (Å²) in [5, 5.41) is 9.87. The van der Waals surface area contributed by atoms with Gasteiger partial charge in [0.1, 0.15) is 11.4 Å². The van der Waals surface area contributed by atoms with Gasteiger partial charge in [0, 0.05) is 17.8 Å². The summed E-state index contributed by atoms with van der Waals surface area (Å²) in [6.45, 7) is 13.1. The molecule has 0 aliphatic rings. The number of carbonyl (C=O) groups is 4. The zero-order valence-corrected chi connectivity index (χ0v) is 21.0. The van der Waals surface area contributed by atoms with E-state index in [0.717, 1.165) is 37.8 Å². The van der Waals surface area contributed by atoms with Crippen LogP contribution < -0.4 is 16.0 Å². The molecule has 0 fully saturated rings. The Morgan fingerprint density at radius 1 is 1.06 bits per heavy atom. The van der Waals surface area contributed by atoms with Crippen LogP contribution in [0.25, 0.3) is 0 Å². The Morgan fingerprint density at radius 3 is 2.35 bits per heavy atom. The lowest BCUT2D eigenvalue weighted by atomic mass is 9.94. The van der Waals surface area contributed by atoms with Gasteiger partial charge < -0.3 is 25.4 Å². The van der Waals surface area contributed by atoms with E-state index in [1.807, 2.05) is 6.92 Å². The van der Waals surface area contributed by atoms with E-state index in [0.29, 0.717) is 18.9 Å². The topological polar surface area (TPSA) is 136 Å². The minimum atomic E-state index is -0.802. The highest BCUT2D eigenvalue weighted by molar-refractivity contribution is 7.09. The molecule has 1 heterocycles. The second-order valence-electron chi connectivity index (χ2n) is 7.51. The number of carbonyl (C=O) groups excluding carboxylic acids is 4. The highest BCUT2D eigenvalue weighted by Crippen LogP contribution is 2.22. The molecule has 1 rings (SSSR count). The molecule has 34 heavy (non-hydrogen) atoms. The maximum Gasteiger partial charge on any atom is 0.407 e. The summed E-state index contributed by atoms with van der Waals surface area (Å²) in [6, 6.07) is 0.0400. The molecule has 0 aliphatic carbocycles. The number of nitrogens with zero attached hydrogens (tertiary/aromatic N) is 1. The van der Waals surface area contributed by atoms with Crippen molar-refractivity contribution in [2.24, 2.45) is 5.92 Å². The standard InChI is InChI=1S/C23H34N4O6S/c1-7-16(10-11-17(8-2)26-23(31)33-9-3)12-19-27-18(13-34-19)21(29)24-14(4)20(28)25-15(5)22(30)32-6/h13,16-17H,4-5,7-12H2,1-3,6H3,(H,24,29)(H,25,28)(H,26,31)/t16?,17-/m0/s1. The summed E-state index contributed by atoms with van der Waals surface area (Å²) in [7, 11) is 1.15. The van der Waals surface area contributed by atoms with Gasteiger partial charge in [0.15, 0.2) is 0 Å². The highest BCUT2D eigenvalue weighted by atomic mass is 32.1. The Bertz CT molecular complexity index is 898. The molecule has 3 amide bonds. The molecule has 0 aromatic carbocycles. The number of aromatic nitrogens is 1. The van der Waals surface area contributed by atoms with Crippen molar-refractivity contribution < 1.29 is 28.7 Å². The SMILES string of the molecule is C=C(NC(=O)c1csc(CC(CC)CC[C@H](CC)NC(=O)OCC)n1)C(=O)NC(=C)C(=O)OC. The quantitative estimate of drug-likeness (QED) is 0.267. The van der Waals surface area contributed by atoms with Crippen molar-refractivity contribution in [1.82, 2.24) is 20.9 Å². The monoisotopic (exact) mass is 494 g/mol. The van der Waals surface area contributed by atoms with Gasteiger partial charge in [0.2, 0.25) is 0 Å². The van der Waals surface area contributed by atoms with E-state index in [-0.39, 0.29) is 23.1 Å². The average Bonchev–Trinajstić information content (AvgIpc) is 3.28. The van der Waals surface area contributed by atoms with Crippen LogP contribution in [-0.2, 0) is 25.5 Å². The molecule has 11 heteroatoms. The van der Waals surface area contributed by atoms with Gasteiger partial charge in [-0.15, -0.1) is 11.3 Å². The molecule has 0 saturated carbocycles. The Balaban J connectivity index is 2.61. The van der Waals surface area contributed by atoms with Crippen molar-refractivity contribution in [3.63, 3.8) is 0 Å². The minimum absolute atomic E-state index is 0.0400. The molecule has 1 unspecified atom stereocenters. The van der Waals surface area contributed by atoms with Crippen LogP contribution in [-0.4, -0.2) is 48.6 Å². The molecule has 0 spiro atoms. The fraction of sp³-hybridized carbons (Fsp3) is 0.522. The maximum absolute atomic E-state index is 12.4. The number of esters is 1. The third kappa shape index (κ3) is 9.74. The molecule has 1 aromatic heterocycles. The number of thiazole rings is 1. The average molecular weight is 495 g/mol. The Hall–Kier alpha value is -3.21. The van der Waals surface area contributed by atoms with Crippen LogP contribution in [0.4, 0.5) is 4.79 Å². The molecule has 0 radical (unpaired) electrons. The van der Waals surface area contributed by atoms with Crippen molar-refractivity contribution in [1.29, 1.82) is 0 Å². The third-order valence-corrected chi connectivity index (χ3v) is 5.94. The first-order valence-electron chi connectivity index (χ1n) is 11.1. The van der Waals surface area contributed by atoms with Crippen LogP contribution in [0.1, 0.15) is 62.0 Å². The Morgan fingerprint density at radius 2 is 1.76 bits per heavy atom. The highest BCUT2D eigenvalue weighted by Gasteiger charge is 2.19. The van der Waals surface area contributed by atoms with Gasteiger partial charge in [-0.2, -0.15) is 0 Å². The number of methoxy groups -OCH3 is 1. The van der Waals surface area contributed by atoms with E-state index in [4.69, 9.17) is 4.74 Å². The normalized spacial score (nSPS) is 12.1. The molecule has 1 aromatic rings. The smallest absolute Gasteiger partial charge is 0.407 e. The van der Waals surface area contributed by atoms with Gasteiger partial charge in [0.05, 0.1) is 24.4 Å². The molecule has 0 aliphatic heterocycles. The second-order valence-corrected chi connectivity index (χ2v) is 8.45.